The Bertz CT molecular complexity index is 1080. The number of carbonyl (C=O) groups is 1. The molecule has 0 aliphatic rings. The number of nitrogens with zero attached hydrogens (tertiary/aromatic N) is 1. The van der Waals surface area contributed by atoms with E-state index in [9.17, 15) is 23.5 Å². The SMILES string of the molecule is CC.CCOc1cc(C(=O)Nc2ncc(F)s2)cc(-c2cccc(CP(=O)(O)O)c2)c1. The summed E-state index contributed by atoms with van der Waals surface area (Å²) in [6.07, 6.45) is 0.643. The quantitative estimate of drug-likeness (QED) is 0.408. The zero-order valence-electron chi connectivity index (χ0n) is 17.3. The van der Waals surface area contributed by atoms with Crippen molar-refractivity contribution in [2.75, 3.05) is 11.9 Å². The molecule has 0 fully saturated rings. The minimum Gasteiger partial charge on any atom is -0.494 e. The summed E-state index contributed by atoms with van der Waals surface area (Å²) >= 11 is 0.718. The van der Waals surface area contributed by atoms with Crippen LogP contribution in [0.2, 0.25) is 0 Å². The van der Waals surface area contributed by atoms with Crippen LogP contribution < -0.4 is 10.1 Å². The van der Waals surface area contributed by atoms with Gasteiger partial charge in [-0.3, -0.25) is 14.7 Å². The van der Waals surface area contributed by atoms with Crippen molar-refractivity contribution in [2.45, 2.75) is 26.9 Å². The van der Waals surface area contributed by atoms with E-state index in [0.717, 1.165) is 17.5 Å². The van der Waals surface area contributed by atoms with Crippen LogP contribution in [-0.4, -0.2) is 27.3 Å². The summed E-state index contributed by atoms with van der Waals surface area (Å²) in [5.74, 6) is -0.0191. The lowest BCUT2D eigenvalue weighted by molar-refractivity contribution is 0.102. The summed E-state index contributed by atoms with van der Waals surface area (Å²) in [6.45, 7) is 6.20. The van der Waals surface area contributed by atoms with Crippen molar-refractivity contribution in [3.05, 3.63) is 64.9 Å². The normalized spacial score (nSPS) is 10.8. The second-order valence-electron chi connectivity index (χ2n) is 6.13. The number of amides is 1. The lowest BCUT2D eigenvalue weighted by Crippen LogP contribution is -2.12. The van der Waals surface area contributed by atoms with Gasteiger partial charge in [-0.25, -0.2) is 4.98 Å². The van der Waals surface area contributed by atoms with Crippen molar-refractivity contribution in [3.63, 3.8) is 0 Å². The van der Waals surface area contributed by atoms with Gasteiger partial charge in [0.05, 0.1) is 19.0 Å². The predicted octanol–water partition coefficient (Wildman–Crippen LogP) is 5.30. The molecule has 7 nitrogen and oxygen atoms in total. The van der Waals surface area contributed by atoms with E-state index in [1.165, 1.54) is 0 Å². The number of anilines is 1. The summed E-state index contributed by atoms with van der Waals surface area (Å²) in [7, 11) is -4.21. The zero-order valence-corrected chi connectivity index (χ0v) is 19.0. The molecule has 3 rings (SSSR count). The molecule has 0 spiro atoms. The molecule has 10 heteroatoms. The van der Waals surface area contributed by atoms with Crippen molar-refractivity contribution in [1.29, 1.82) is 0 Å². The first-order chi connectivity index (χ1) is 14.7. The molecular weight excluding hydrogens is 442 g/mol. The number of thiazole rings is 1. The summed E-state index contributed by atoms with van der Waals surface area (Å²) in [4.78, 5) is 34.8. The van der Waals surface area contributed by atoms with Gasteiger partial charge in [0.2, 0.25) is 0 Å². The van der Waals surface area contributed by atoms with Crippen LogP contribution in [-0.2, 0) is 10.7 Å². The van der Waals surface area contributed by atoms with Crippen LogP contribution >= 0.6 is 18.9 Å². The third-order valence-electron chi connectivity index (χ3n) is 3.83. The van der Waals surface area contributed by atoms with Crippen LogP contribution in [0.25, 0.3) is 11.1 Å². The number of hydrogen-bond acceptors (Lipinski definition) is 5. The molecule has 31 heavy (non-hydrogen) atoms. The van der Waals surface area contributed by atoms with Crippen LogP contribution in [0.3, 0.4) is 0 Å². The number of carbonyl (C=O) groups excluding carboxylic acids is 1. The van der Waals surface area contributed by atoms with Gasteiger partial charge in [-0.2, -0.15) is 4.39 Å². The smallest absolute Gasteiger partial charge is 0.329 e. The molecule has 3 aromatic rings. The molecule has 0 saturated heterocycles. The Labute approximate surface area is 184 Å². The second-order valence-corrected chi connectivity index (χ2v) is 8.75. The average Bonchev–Trinajstić information content (AvgIpc) is 3.13. The van der Waals surface area contributed by atoms with E-state index in [-0.39, 0.29) is 16.9 Å². The van der Waals surface area contributed by atoms with Gasteiger partial charge in [0, 0.05) is 5.56 Å². The van der Waals surface area contributed by atoms with E-state index >= 15 is 0 Å². The van der Waals surface area contributed by atoms with Crippen LogP contribution in [0.15, 0.2) is 48.7 Å². The van der Waals surface area contributed by atoms with Crippen LogP contribution in [0, 0.1) is 5.13 Å². The maximum Gasteiger partial charge on any atom is 0.329 e. The second kappa shape index (κ2) is 11.2. The van der Waals surface area contributed by atoms with Gasteiger partial charge in [0.15, 0.2) is 10.3 Å². The Hall–Kier alpha value is -2.58. The van der Waals surface area contributed by atoms with Crippen LogP contribution in [0.4, 0.5) is 9.52 Å². The van der Waals surface area contributed by atoms with Gasteiger partial charge in [-0.15, -0.1) is 0 Å². The molecule has 0 aliphatic heterocycles. The molecular formula is C21H24FN2O5PS. The first-order valence-electron chi connectivity index (χ1n) is 9.58. The van der Waals surface area contributed by atoms with E-state index in [2.05, 4.69) is 10.3 Å². The maximum absolute atomic E-state index is 13.1. The first kappa shape index (κ1) is 24.7. The summed E-state index contributed by atoms with van der Waals surface area (Å²) < 4.78 is 30.0. The standard InChI is InChI=1S/C19H18FN2O5PS.C2H6/c1-2-27-16-8-14(13-5-3-4-12(6-13)11-28(24,25)26)7-15(9-16)18(23)22-19-21-10-17(20)29-19;1-2/h3-10H,2,11H2,1H3,(H,21,22,23)(H2,24,25,26);1-2H3. The minimum absolute atomic E-state index is 0.138. The van der Waals surface area contributed by atoms with Gasteiger partial charge in [-0.1, -0.05) is 49.4 Å². The fourth-order valence-electron chi connectivity index (χ4n) is 2.72. The fourth-order valence-corrected chi connectivity index (χ4v) is 3.93. The van der Waals surface area contributed by atoms with E-state index in [1.54, 1.807) is 42.5 Å². The van der Waals surface area contributed by atoms with Crippen LogP contribution in [0.5, 0.6) is 5.75 Å². The number of nitrogens with one attached hydrogen (secondary N) is 1. The number of aromatic nitrogens is 1. The average molecular weight is 466 g/mol. The monoisotopic (exact) mass is 466 g/mol. The third-order valence-corrected chi connectivity index (χ3v) is 5.30. The number of rotatable bonds is 7. The van der Waals surface area contributed by atoms with Gasteiger partial charge in [0.25, 0.3) is 5.91 Å². The lowest BCUT2D eigenvalue weighted by atomic mass is 10.0. The highest BCUT2D eigenvalue weighted by molar-refractivity contribution is 7.50. The highest BCUT2D eigenvalue weighted by atomic mass is 32.1. The highest BCUT2D eigenvalue weighted by Crippen LogP contribution is 2.40. The predicted molar refractivity (Wildman–Crippen MR) is 120 cm³/mol. The molecule has 166 valence electrons. The number of ether oxygens (including phenoxy) is 1. The van der Waals surface area contributed by atoms with Gasteiger partial charge in [-0.05, 0) is 41.8 Å². The Balaban J connectivity index is 0.00000166. The summed E-state index contributed by atoms with van der Waals surface area (Å²) in [5.41, 5.74) is 2.06. The Morgan fingerprint density at radius 1 is 1.19 bits per heavy atom. The highest BCUT2D eigenvalue weighted by Gasteiger charge is 2.16. The van der Waals surface area contributed by atoms with Crippen molar-refractivity contribution in [3.8, 4) is 16.9 Å². The Morgan fingerprint density at radius 3 is 2.55 bits per heavy atom. The van der Waals surface area contributed by atoms with Gasteiger partial charge < -0.3 is 14.5 Å². The minimum atomic E-state index is -4.21. The largest absolute Gasteiger partial charge is 0.494 e. The van der Waals surface area contributed by atoms with E-state index in [1.807, 2.05) is 20.8 Å². The first-order valence-corrected chi connectivity index (χ1v) is 12.2. The topological polar surface area (TPSA) is 109 Å². The number of halogens is 1. The van der Waals surface area contributed by atoms with E-state index in [4.69, 9.17) is 4.74 Å². The maximum atomic E-state index is 13.1. The van der Waals surface area contributed by atoms with E-state index < -0.39 is 18.6 Å². The van der Waals surface area contributed by atoms with Crippen molar-refractivity contribution < 1.29 is 28.3 Å². The molecule has 0 saturated carbocycles. The number of benzene rings is 2. The third kappa shape index (κ3) is 7.56. The summed E-state index contributed by atoms with van der Waals surface area (Å²) in [5, 5.41) is 2.17. The molecule has 0 aliphatic carbocycles. The Morgan fingerprint density at radius 2 is 1.94 bits per heavy atom. The lowest BCUT2D eigenvalue weighted by Gasteiger charge is -2.12. The molecule has 1 amide bonds. The molecule has 1 heterocycles. The van der Waals surface area contributed by atoms with Crippen molar-refractivity contribution in [2.24, 2.45) is 0 Å². The molecule has 0 radical (unpaired) electrons. The molecule has 0 bridgehead atoms. The molecule has 2 aromatic carbocycles. The molecule has 0 atom stereocenters. The van der Waals surface area contributed by atoms with Gasteiger partial charge in [0.1, 0.15) is 5.75 Å². The van der Waals surface area contributed by atoms with Crippen LogP contribution in [0.1, 0.15) is 36.7 Å². The van der Waals surface area contributed by atoms with E-state index in [0.29, 0.717) is 29.0 Å². The number of hydrogen-bond donors (Lipinski definition) is 3. The molecule has 3 N–H and O–H groups in total. The van der Waals surface area contributed by atoms with Gasteiger partial charge >= 0.3 is 7.60 Å². The van der Waals surface area contributed by atoms with Crippen molar-refractivity contribution in [1.82, 2.24) is 4.98 Å². The molecule has 1 aromatic heterocycles. The zero-order chi connectivity index (χ0) is 23.0. The Kier molecular flexibility index (Phi) is 8.88. The molecule has 0 unspecified atom stereocenters. The fraction of sp³-hybridized carbons (Fsp3) is 0.238. The summed E-state index contributed by atoms with van der Waals surface area (Å²) in [6, 6.07) is 11.7. The van der Waals surface area contributed by atoms with Crippen molar-refractivity contribution >= 4 is 30.0 Å².